The third kappa shape index (κ3) is 6.65. The standard InChI is InChI=1S/C28H35Br2NO2Se2/c1-2-3-4-5-6-7-8-9-10-11-12-13-14-15-16-31-27(32)23-24(28(31)33)26-20(18-22(30)35-26)19-17-21(29)34-25(19)23/h17-18H,2-16H2,1H3. The zero-order valence-corrected chi connectivity index (χ0v) is 27.2. The van der Waals surface area contributed by atoms with Crippen molar-refractivity contribution >= 4 is 92.0 Å². The van der Waals surface area contributed by atoms with Crippen molar-refractivity contribution in [1.29, 1.82) is 0 Å². The van der Waals surface area contributed by atoms with Crippen LogP contribution in [0.25, 0.3) is 19.3 Å². The van der Waals surface area contributed by atoms with Crippen LogP contribution < -0.4 is 0 Å². The normalized spacial score (nSPS) is 13.6. The predicted octanol–water partition coefficient (Wildman–Crippen LogP) is 8.71. The summed E-state index contributed by atoms with van der Waals surface area (Å²) in [7, 11) is 0. The molecule has 0 atom stereocenters. The third-order valence-corrected chi connectivity index (χ3v) is 13.1. The van der Waals surface area contributed by atoms with E-state index in [4.69, 9.17) is 0 Å². The third-order valence-electron chi connectivity index (χ3n) is 7.05. The molecule has 0 unspecified atom stereocenters. The Morgan fingerprint density at radius 1 is 0.629 bits per heavy atom. The fraction of sp³-hybridized carbons (Fsp3) is 0.571. The van der Waals surface area contributed by atoms with Crippen LogP contribution in [0.3, 0.4) is 0 Å². The van der Waals surface area contributed by atoms with Crippen LogP contribution in [0.4, 0.5) is 0 Å². The van der Waals surface area contributed by atoms with Crippen LogP contribution in [0, 0.1) is 0 Å². The second-order valence-electron chi connectivity index (χ2n) is 9.69. The van der Waals surface area contributed by atoms with Gasteiger partial charge in [-0.1, -0.05) is 51.9 Å². The molecule has 190 valence electrons. The molecule has 0 saturated heterocycles. The van der Waals surface area contributed by atoms with Crippen LogP contribution in [-0.4, -0.2) is 52.3 Å². The molecule has 0 N–H and O–H groups in total. The van der Waals surface area contributed by atoms with Gasteiger partial charge in [0.15, 0.2) is 0 Å². The summed E-state index contributed by atoms with van der Waals surface area (Å²) in [5.41, 5.74) is 1.41. The number of rotatable bonds is 15. The van der Waals surface area contributed by atoms with Gasteiger partial charge in [0.25, 0.3) is 0 Å². The molecule has 35 heavy (non-hydrogen) atoms. The van der Waals surface area contributed by atoms with Crippen molar-refractivity contribution in [2.45, 2.75) is 96.8 Å². The Bertz CT molecular complexity index is 1110. The van der Waals surface area contributed by atoms with Crippen LogP contribution >= 0.6 is 31.9 Å². The number of hydrogen-bond acceptors (Lipinski definition) is 2. The number of fused-ring (bicyclic) bond motifs is 6. The molecule has 2 aromatic heterocycles. The van der Waals surface area contributed by atoms with Gasteiger partial charge in [-0.3, -0.25) is 0 Å². The molecule has 0 aliphatic carbocycles. The van der Waals surface area contributed by atoms with Crippen LogP contribution in [0.5, 0.6) is 0 Å². The van der Waals surface area contributed by atoms with Crippen LogP contribution in [-0.2, 0) is 0 Å². The van der Waals surface area contributed by atoms with Crippen molar-refractivity contribution in [2.75, 3.05) is 6.54 Å². The van der Waals surface area contributed by atoms with Gasteiger partial charge in [-0.25, -0.2) is 0 Å². The Morgan fingerprint density at radius 3 is 1.40 bits per heavy atom. The molecule has 3 nitrogen and oxygen atoms in total. The van der Waals surface area contributed by atoms with E-state index in [1.54, 1.807) is 0 Å². The number of nitrogens with zero attached hydrogens (tertiary/aromatic N) is 1. The molecule has 0 fully saturated rings. The Balaban J connectivity index is 1.21. The van der Waals surface area contributed by atoms with Crippen molar-refractivity contribution in [3.05, 3.63) is 30.0 Å². The van der Waals surface area contributed by atoms with Crippen molar-refractivity contribution in [3.8, 4) is 0 Å². The Hall–Kier alpha value is -0.161. The molecule has 4 rings (SSSR count). The molecule has 0 bridgehead atoms. The predicted molar refractivity (Wildman–Crippen MR) is 156 cm³/mol. The topological polar surface area (TPSA) is 37.4 Å². The molecule has 0 saturated carbocycles. The summed E-state index contributed by atoms with van der Waals surface area (Å²) in [6.45, 7) is 2.83. The van der Waals surface area contributed by atoms with Gasteiger partial charge < -0.3 is 0 Å². The second-order valence-corrected chi connectivity index (χ2v) is 18.2. The van der Waals surface area contributed by atoms with Gasteiger partial charge >= 0.3 is 188 Å². The van der Waals surface area contributed by atoms with E-state index in [1.807, 2.05) is 0 Å². The number of carbonyl (C=O) groups is 2. The quantitative estimate of drug-likeness (QED) is 0.0891. The van der Waals surface area contributed by atoms with Gasteiger partial charge in [0, 0.05) is 0 Å². The van der Waals surface area contributed by atoms with E-state index >= 15 is 0 Å². The van der Waals surface area contributed by atoms with E-state index in [0.29, 0.717) is 17.7 Å². The Kier molecular flexibility index (Phi) is 10.8. The monoisotopic (exact) mass is 735 g/mol. The number of amides is 2. The van der Waals surface area contributed by atoms with Crippen molar-refractivity contribution in [3.63, 3.8) is 0 Å². The summed E-state index contributed by atoms with van der Waals surface area (Å²) < 4.78 is 4.47. The molecule has 3 heterocycles. The number of halogens is 2. The van der Waals surface area contributed by atoms with Crippen molar-refractivity contribution in [1.82, 2.24) is 4.90 Å². The summed E-state index contributed by atoms with van der Waals surface area (Å²) in [5, 5.41) is 2.31. The van der Waals surface area contributed by atoms with Crippen LogP contribution in [0.15, 0.2) is 18.8 Å². The van der Waals surface area contributed by atoms with E-state index in [2.05, 4.69) is 50.9 Å². The molecule has 3 aromatic rings. The molecular weight excluding hydrogens is 700 g/mol. The average molecular weight is 735 g/mol. The average Bonchev–Trinajstić information content (AvgIpc) is 3.48. The zero-order valence-electron chi connectivity index (χ0n) is 20.6. The number of carbonyl (C=O) groups excluding carboxylic acids is 2. The van der Waals surface area contributed by atoms with Gasteiger partial charge in [0.05, 0.1) is 0 Å². The molecule has 0 spiro atoms. The molecule has 7 heteroatoms. The number of hydrogen-bond donors (Lipinski definition) is 0. The van der Waals surface area contributed by atoms with Crippen molar-refractivity contribution < 1.29 is 9.59 Å². The number of imide groups is 1. The first-order valence-electron chi connectivity index (χ1n) is 13.2. The van der Waals surface area contributed by atoms with Gasteiger partial charge in [0.1, 0.15) is 0 Å². The molecule has 1 aromatic carbocycles. The van der Waals surface area contributed by atoms with E-state index in [-0.39, 0.29) is 40.8 Å². The minimum absolute atomic E-state index is 0.0601. The number of benzene rings is 1. The summed E-state index contributed by atoms with van der Waals surface area (Å²) in [6.07, 6.45) is 18.2. The first-order valence-corrected chi connectivity index (χ1v) is 18.2. The fourth-order valence-electron chi connectivity index (χ4n) is 5.16. The first kappa shape index (κ1) is 27.9. The van der Waals surface area contributed by atoms with E-state index in [1.165, 1.54) is 81.9 Å². The molecule has 1 aliphatic rings. The SMILES string of the molecule is CCCCCCCCCCCCCCCCN1C(=O)c2c(c3[se]c(Br)cc3c3cc(Br)[se]c23)C1=O. The molecule has 0 radical (unpaired) electrons. The second kappa shape index (κ2) is 13.6. The van der Waals surface area contributed by atoms with Gasteiger partial charge in [0.2, 0.25) is 0 Å². The van der Waals surface area contributed by atoms with Gasteiger partial charge in [-0.2, -0.15) is 0 Å². The van der Waals surface area contributed by atoms with Crippen molar-refractivity contribution in [2.24, 2.45) is 0 Å². The van der Waals surface area contributed by atoms with Crippen LogP contribution in [0.1, 0.15) is 118 Å². The summed E-state index contributed by atoms with van der Waals surface area (Å²) >= 11 is 7.43. The zero-order chi connectivity index (χ0) is 24.8. The van der Waals surface area contributed by atoms with E-state index in [0.717, 1.165) is 38.8 Å². The summed E-state index contributed by atoms with van der Waals surface area (Å²) in [6, 6.07) is 4.31. The Morgan fingerprint density at radius 2 is 1.00 bits per heavy atom. The summed E-state index contributed by atoms with van der Waals surface area (Å²) in [5.74, 6) is -0.120. The molecule has 2 amide bonds. The Labute approximate surface area is 238 Å². The molecular formula is C28H35Br2NO2Se2. The fourth-order valence-corrected chi connectivity index (χ4v) is 11.3. The van der Waals surface area contributed by atoms with Crippen LogP contribution in [0.2, 0.25) is 0 Å². The maximum absolute atomic E-state index is 13.4. The van der Waals surface area contributed by atoms with Gasteiger partial charge in [-0.15, -0.1) is 0 Å². The first-order chi connectivity index (χ1) is 17.0. The maximum atomic E-state index is 13.4. The molecule has 1 aliphatic heterocycles. The van der Waals surface area contributed by atoms with E-state index < -0.39 is 0 Å². The van der Waals surface area contributed by atoms with E-state index in [9.17, 15) is 9.59 Å². The van der Waals surface area contributed by atoms with Gasteiger partial charge in [-0.05, 0) is 0 Å². The summed E-state index contributed by atoms with van der Waals surface area (Å²) in [4.78, 5) is 28.3. The minimum atomic E-state index is -0.0601. The number of unbranched alkanes of at least 4 members (excludes halogenated alkanes) is 13.